The first-order valence-electron chi connectivity index (χ1n) is 13.7. The molecule has 0 amide bonds. The van der Waals surface area contributed by atoms with E-state index in [1.54, 1.807) is 45.2 Å². The van der Waals surface area contributed by atoms with Crippen molar-refractivity contribution in [2.75, 3.05) is 13.7 Å². The van der Waals surface area contributed by atoms with Gasteiger partial charge in [-0.15, -0.1) is 0 Å². The predicted molar refractivity (Wildman–Crippen MR) is 157 cm³/mol. The molecular weight excluding hydrogens is 600 g/mol. The van der Waals surface area contributed by atoms with Crippen molar-refractivity contribution < 1.29 is 42.1 Å². The molecule has 0 saturated carbocycles. The van der Waals surface area contributed by atoms with E-state index in [4.69, 9.17) is 23.3 Å². The number of aromatic nitrogens is 2. The van der Waals surface area contributed by atoms with E-state index in [2.05, 4.69) is 5.09 Å². The number of carbonyl (C=O) groups excluding carboxylic acids is 1. The van der Waals surface area contributed by atoms with Gasteiger partial charge in [0.15, 0.2) is 11.9 Å². The molecule has 3 N–H and O–H groups in total. The van der Waals surface area contributed by atoms with Crippen molar-refractivity contribution in [1.82, 2.24) is 14.6 Å². The first kappa shape index (κ1) is 33.1. The molecule has 0 aliphatic carbocycles. The molecule has 2 unspecified atom stereocenters. The second-order valence-corrected chi connectivity index (χ2v) is 12.3. The van der Waals surface area contributed by atoms with Crippen LogP contribution in [0.15, 0.2) is 70.4 Å². The minimum atomic E-state index is -4.42. The molecule has 4 rings (SSSR count). The summed E-state index contributed by atoms with van der Waals surface area (Å²) in [5, 5.41) is 13.2. The van der Waals surface area contributed by atoms with Gasteiger partial charge in [0.2, 0.25) is 0 Å². The standard InChI is InChI=1S/C29H35FN3O10P/c1-17(2)41-26(36)18(3)32-44(38,43-22-12-8-20(9-13-22)19-6-10-21(39-5)11-7-19)40-16-23-25(35)29(4,30)27(42-23)33-15-14-24(34)31-28(33)37/h6-15,17-18,23,25,27,35H,16H2,1-5H3,(H,32,38)(H,31,34,37)/t18?,23-,25-,27-,29-,44?/m1/s1. The number of alkyl halides is 1. The molecule has 1 aliphatic heterocycles. The van der Waals surface area contributed by atoms with E-state index < -0.39 is 67.8 Å². The zero-order chi connectivity index (χ0) is 32.2. The summed E-state index contributed by atoms with van der Waals surface area (Å²) in [7, 11) is -2.85. The number of hydrogen-bond donors (Lipinski definition) is 3. The van der Waals surface area contributed by atoms with Crippen LogP contribution in [0.3, 0.4) is 0 Å². The number of aliphatic hydroxyl groups excluding tert-OH is 1. The zero-order valence-electron chi connectivity index (χ0n) is 24.8. The average Bonchev–Trinajstić information content (AvgIpc) is 3.19. The summed E-state index contributed by atoms with van der Waals surface area (Å²) in [6, 6.07) is 13.7. The van der Waals surface area contributed by atoms with Gasteiger partial charge in [0.1, 0.15) is 29.7 Å². The Morgan fingerprint density at radius 3 is 2.23 bits per heavy atom. The number of aromatic amines is 1. The molecule has 0 bridgehead atoms. The van der Waals surface area contributed by atoms with Gasteiger partial charge in [-0.3, -0.25) is 23.7 Å². The molecule has 238 valence electrons. The van der Waals surface area contributed by atoms with Gasteiger partial charge in [0.25, 0.3) is 5.56 Å². The first-order chi connectivity index (χ1) is 20.7. The smallest absolute Gasteiger partial charge is 0.459 e. The van der Waals surface area contributed by atoms with Crippen LogP contribution >= 0.6 is 7.75 Å². The second kappa shape index (κ2) is 13.4. The van der Waals surface area contributed by atoms with Crippen LogP contribution in [0.2, 0.25) is 0 Å². The number of hydrogen-bond acceptors (Lipinski definition) is 10. The fraction of sp³-hybridized carbons (Fsp3) is 0.414. The second-order valence-electron chi connectivity index (χ2n) is 10.6. The van der Waals surface area contributed by atoms with Crippen molar-refractivity contribution >= 4 is 13.7 Å². The van der Waals surface area contributed by atoms with E-state index in [1.807, 2.05) is 29.2 Å². The highest BCUT2D eigenvalue weighted by Crippen LogP contribution is 2.47. The highest BCUT2D eigenvalue weighted by atomic mass is 31.2. The van der Waals surface area contributed by atoms with Gasteiger partial charge in [-0.1, -0.05) is 24.3 Å². The van der Waals surface area contributed by atoms with E-state index >= 15 is 4.39 Å². The predicted octanol–water partition coefficient (Wildman–Crippen LogP) is 3.33. The summed E-state index contributed by atoms with van der Waals surface area (Å²) in [4.78, 5) is 38.2. The van der Waals surface area contributed by atoms with Crippen LogP contribution in [0.5, 0.6) is 11.5 Å². The number of nitrogens with zero attached hydrogens (tertiary/aromatic N) is 1. The molecule has 1 saturated heterocycles. The molecule has 0 radical (unpaired) electrons. The Bertz CT molecular complexity index is 1610. The number of rotatable bonds is 12. The minimum Gasteiger partial charge on any atom is -0.497 e. The molecule has 1 fully saturated rings. The van der Waals surface area contributed by atoms with Gasteiger partial charge in [0, 0.05) is 12.3 Å². The molecule has 13 nitrogen and oxygen atoms in total. The number of halogens is 1. The van der Waals surface area contributed by atoms with Crippen molar-refractivity contribution in [2.24, 2.45) is 0 Å². The lowest BCUT2D eigenvalue weighted by Gasteiger charge is -2.25. The van der Waals surface area contributed by atoms with E-state index in [1.165, 1.54) is 6.92 Å². The topological polar surface area (TPSA) is 167 Å². The Hall–Kier alpha value is -3.81. The molecule has 15 heteroatoms. The van der Waals surface area contributed by atoms with Crippen molar-refractivity contribution in [3.05, 3.63) is 81.6 Å². The van der Waals surface area contributed by atoms with Gasteiger partial charge < -0.3 is 23.8 Å². The summed E-state index contributed by atoms with van der Waals surface area (Å²) in [6.45, 7) is 5.05. The van der Waals surface area contributed by atoms with Crippen LogP contribution in [0.1, 0.15) is 33.9 Å². The molecule has 1 aliphatic rings. The molecule has 1 aromatic heterocycles. The lowest BCUT2D eigenvalue weighted by atomic mass is 9.98. The Balaban J connectivity index is 1.54. The number of ether oxygens (including phenoxy) is 3. The van der Waals surface area contributed by atoms with Gasteiger partial charge in [0.05, 0.1) is 19.8 Å². The Kier molecular flexibility index (Phi) is 10.1. The van der Waals surface area contributed by atoms with Crippen molar-refractivity contribution in [1.29, 1.82) is 0 Å². The summed E-state index contributed by atoms with van der Waals surface area (Å²) >= 11 is 0. The van der Waals surface area contributed by atoms with Crippen LogP contribution in [-0.2, 0) is 23.4 Å². The van der Waals surface area contributed by atoms with Crippen molar-refractivity contribution in [3.63, 3.8) is 0 Å². The lowest BCUT2D eigenvalue weighted by Crippen LogP contribution is -2.43. The number of methoxy groups -OCH3 is 1. The molecule has 0 spiro atoms. The summed E-state index contributed by atoms with van der Waals surface area (Å²) < 4.78 is 57.7. The van der Waals surface area contributed by atoms with E-state index in [9.17, 15) is 24.1 Å². The molecule has 2 aromatic carbocycles. The lowest BCUT2D eigenvalue weighted by molar-refractivity contribution is -0.149. The third-order valence-corrected chi connectivity index (χ3v) is 8.43. The number of carbonyl (C=O) groups is 1. The van der Waals surface area contributed by atoms with Crippen LogP contribution < -0.4 is 25.6 Å². The Morgan fingerprint density at radius 2 is 1.68 bits per heavy atom. The van der Waals surface area contributed by atoms with Crippen LogP contribution in [0.4, 0.5) is 4.39 Å². The number of benzene rings is 2. The minimum absolute atomic E-state index is 0.114. The third kappa shape index (κ3) is 7.63. The Morgan fingerprint density at radius 1 is 1.09 bits per heavy atom. The number of nitrogens with one attached hydrogen (secondary N) is 2. The van der Waals surface area contributed by atoms with E-state index in [0.29, 0.717) is 5.75 Å². The number of aliphatic hydroxyl groups is 1. The van der Waals surface area contributed by atoms with Gasteiger partial charge in [-0.25, -0.2) is 13.8 Å². The van der Waals surface area contributed by atoms with E-state index in [-0.39, 0.29) is 5.75 Å². The zero-order valence-corrected chi connectivity index (χ0v) is 25.7. The SMILES string of the molecule is COc1ccc(-c2ccc(OP(=O)(NC(C)C(=O)OC(C)C)OC[C@H]3O[C@@H](n4ccc(=O)[nH]c4=O)[C@](C)(F)[C@@H]3O)cc2)cc1. The summed E-state index contributed by atoms with van der Waals surface area (Å²) in [5.74, 6) is 0.0844. The molecule has 2 heterocycles. The van der Waals surface area contributed by atoms with Gasteiger partial charge in [-0.2, -0.15) is 5.09 Å². The largest absolute Gasteiger partial charge is 0.497 e. The first-order valence-corrected chi connectivity index (χ1v) is 15.3. The number of H-pyrrole nitrogens is 1. The average molecular weight is 636 g/mol. The molecule has 44 heavy (non-hydrogen) atoms. The maximum Gasteiger partial charge on any atom is 0.459 e. The summed E-state index contributed by atoms with van der Waals surface area (Å²) in [5.41, 5.74) is -2.45. The monoisotopic (exact) mass is 635 g/mol. The quantitative estimate of drug-likeness (QED) is 0.197. The fourth-order valence-corrected chi connectivity index (χ4v) is 5.98. The normalized spacial score (nSPS) is 23.6. The highest BCUT2D eigenvalue weighted by molar-refractivity contribution is 7.52. The van der Waals surface area contributed by atoms with Crippen molar-refractivity contribution in [2.45, 2.75) is 63.9 Å². The summed E-state index contributed by atoms with van der Waals surface area (Å²) in [6.07, 6.45) is -4.33. The van der Waals surface area contributed by atoms with E-state index in [0.717, 1.165) is 34.9 Å². The maximum absolute atomic E-state index is 15.6. The fourth-order valence-electron chi connectivity index (χ4n) is 4.48. The van der Waals surface area contributed by atoms with Gasteiger partial charge in [-0.05, 0) is 63.1 Å². The number of esters is 1. The maximum atomic E-state index is 15.6. The van der Waals surface area contributed by atoms with Crippen LogP contribution in [-0.4, -0.2) is 64.4 Å². The van der Waals surface area contributed by atoms with Crippen molar-refractivity contribution in [3.8, 4) is 22.6 Å². The Labute approximate surface area is 252 Å². The highest BCUT2D eigenvalue weighted by Gasteiger charge is 2.56. The third-order valence-electron chi connectivity index (χ3n) is 6.79. The molecular formula is C29H35FN3O10P. The molecule has 6 atom stereocenters. The van der Waals surface area contributed by atoms with Gasteiger partial charge >= 0.3 is 19.4 Å². The van der Waals surface area contributed by atoms with Crippen LogP contribution in [0, 0.1) is 0 Å². The molecule has 3 aromatic rings. The van der Waals surface area contributed by atoms with Crippen LogP contribution in [0.25, 0.3) is 11.1 Å².